The van der Waals surface area contributed by atoms with Gasteiger partial charge >= 0.3 is 0 Å². The molecule has 1 atom stereocenters. The number of fused-ring (bicyclic) bond motifs is 1. The summed E-state index contributed by atoms with van der Waals surface area (Å²) in [5.74, 6) is 0.321. The molecular formula is C19H17FN6. The molecule has 4 aromatic rings. The minimum Gasteiger partial charge on any atom is -0.358 e. The van der Waals surface area contributed by atoms with Crippen molar-refractivity contribution in [3.05, 3.63) is 83.2 Å². The molecule has 0 aliphatic heterocycles. The van der Waals surface area contributed by atoms with Crippen LogP contribution in [0.3, 0.4) is 0 Å². The van der Waals surface area contributed by atoms with Crippen molar-refractivity contribution in [3.8, 4) is 0 Å². The van der Waals surface area contributed by atoms with E-state index in [1.54, 1.807) is 18.2 Å². The van der Waals surface area contributed by atoms with Crippen molar-refractivity contribution in [2.75, 3.05) is 5.32 Å². The summed E-state index contributed by atoms with van der Waals surface area (Å²) in [6.45, 7) is 2.11. The lowest BCUT2D eigenvalue weighted by molar-refractivity contribution is 0.624. The van der Waals surface area contributed by atoms with Crippen LogP contribution in [0, 0.1) is 5.82 Å². The van der Waals surface area contributed by atoms with E-state index < -0.39 is 0 Å². The third-order valence-corrected chi connectivity index (χ3v) is 4.27. The van der Waals surface area contributed by atoms with Crippen molar-refractivity contribution >= 4 is 11.5 Å². The number of rotatable bonds is 5. The summed E-state index contributed by atoms with van der Waals surface area (Å²) in [5.41, 5.74) is 3.64. The van der Waals surface area contributed by atoms with Crippen molar-refractivity contribution in [3.63, 3.8) is 0 Å². The van der Waals surface area contributed by atoms with Gasteiger partial charge in [-0.25, -0.2) is 4.39 Å². The molecule has 26 heavy (non-hydrogen) atoms. The third kappa shape index (κ3) is 3.23. The average Bonchev–Trinajstić information content (AvgIpc) is 3.14. The quantitative estimate of drug-likeness (QED) is 0.598. The van der Waals surface area contributed by atoms with Gasteiger partial charge in [-0.05, 0) is 57.8 Å². The van der Waals surface area contributed by atoms with Crippen molar-refractivity contribution in [1.29, 1.82) is 0 Å². The lowest BCUT2D eigenvalue weighted by Crippen LogP contribution is -2.14. The fraction of sp³-hybridized carbons (Fsp3) is 0.158. The molecule has 0 bridgehead atoms. The van der Waals surface area contributed by atoms with Crippen molar-refractivity contribution in [1.82, 2.24) is 25.3 Å². The predicted octanol–water partition coefficient (Wildman–Crippen LogP) is 3.42. The van der Waals surface area contributed by atoms with E-state index in [0.29, 0.717) is 11.5 Å². The first-order valence-electron chi connectivity index (χ1n) is 8.39. The first kappa shape index (κ1) is 16.1. The van der Waals surface area contributed by atoms with Crippen LogP contribution in [-0.4, -0.2) is 25.3 Å². The molecule has 0 saturated carbocycles. The number of aromatic nitrogens is 5. The van der Waals surface area contributed by atoms with Gasteiger partial charge in [-0.15, -0.1) is 14.8 Å². The van der Waals surface area contributed by atoms with E-state index in [2.05, 4.69) is 57.1 Å². The summed E-state index contributed by atoms with van der Waals surface area (Å²) in [6.07, 6.45) is 0.968. The monoisotopic (exact) mass is 348 g/mol. The fourth-order valence-electron chi connectivity index (χ4n) is 2.87. The molecule has 1 unspecified atom stereocenters. The van der Waals surface area contributed by atoms with Gasteiger partial charge in [-0.1, -0.05) is 43.3 Å². The summed E-state index contributed by atoms with van der Waals surface area (Å²) >= 11 is 0. The number of nitrogens with zero attached hydrogens (tertiary/aromatic N) is 5. The predicted molar refractivity (Wildman–Crippen MR) is 96.3 cm³/mol. The lowest BCUT2D eigenvalue weighted by Gasteiger charge is -2.20. The first-order valence-corrected chi connectivity index (χ1v) is 8.39. The number of anilines is 1. The maximum Gasteiger partial charge on any atom is 0.200 e. The van der Waals surface area contributed by atoms with Crippen LogP contribution in [-0.2, 0) is 6.42 Å². The Morgan fingerprint density at radius 3 is 2.65 bits per heavy atom. The molecule has 4 rings (SSSR count). The number of tetrazole rings is 1. The smallest absolute Gasteiger partial charge is 0.200 e. The van der Waals surface area contributed by atoms with Gasteiger partial charge in [0.2, 0.25) is 0 Å². The Kier molecular flexibility index (Phi) is 4.27. The van der Waals surface area contributed by atoms with Gasteiger partial charge in [0.15, 0.2) is 5.65 Å². The molecule has 0 fully saturated rings. The molecule has 0 spiro atoms. The van der Waals surface area contributed by atoms with Gasteiger partial charge in [0.05, 0.1) is 6.04 Å². The highest BCUT2D eigenvalue weighted by molar-refractivity contribution is 5.47. The molecular weight excluding hydrogens is 331 g/mol. The Bertz CT molecular complexity index is 1030. The van der Waals surface area contributed by atoms with Gasteiger partial charge in [0.25, 0.3) is 0 Å². The number of hydrogen-bond donors (Lipinski definition) is 1. The molecule has 2 heterocycles. The highest BCUT2D eigenvalue weighted by atomic mass is 19.1. The molecule has 1 N–H and O–H groups in total. The van der Waals surface area contributed by atoms with Crippen molar-refractivity contribution in [2.45, 2.75) is 19.4 Å². The average molecular weight is 348 g/mol. The van der Waals surface area contributed by atoms with E-state index in [9.17, 15) is 4.39 Å². The number of hydrogen-bond acceptors (Lipinski definition) is 5. The van der Waals surface area contributed by atoms with E-state index in [1.807, 2.05) is 6.07 Å². The van der Waals surface area contributed by atoms with Crippen LogP contribution < -0.4 is 5.32 Å². The van der Waals surface area contributed by atoms with Crippen LogP contribution in [0.5, 0.6) is 0 Å². The second-order valence-corrected chi connectivity index (χ2v) is 5.97. The minimum absolute atomic E-state index is 0.252. The number of nitrogens with one attached hydrogen (secondary N) is 1. The van der Waals surface area contributed by atoms with E-state index in [4.69, 9.17) is 0 Å². The molecule has 0 aliphatic rings. The van der Waals surface area contributed by atoms with Gasteiger partial charge in [-0.3, -0.25) is 0 Å². The Balaban J connectivity index is 1.73. The van der Waals surface area contributed by atoms with Crippen LogP contribution in [0.25, 0.3) is 5.65 Å². The van der Waals surface area contributed by atoms with E-state index in [1.165, 1.54) is 22.3 Å². The second-order valence-electron chi connectivity index (χ2n) is 5.97. The molecule has 0 saturated heterocycles. The van der Waals surface area contributed by atoms with Gasteiger partial charge in [-0.2, -0.15) is 0 Å². The summed E-state index contributed by atoms with van der Waals surface area (Å²) in [5, 5.41) is 19.0. The van der Waals surface area contributed by atoms with Crippen LogP contribution in [0.15, 0.2) is 60.7 Å². The molecule has 0 amide bonds. The fourth-order valence-corrected chi connectivity index (χ4v) is 2.87. The van der Waals surface area contributed by atoms with E-state index in [0.717, 1.165) is 17.5 Å². The molecule has 0 aliphatic carbocycles. The van der Waals surface area contributed by atoms with Gasteiger partial charge in [0.1, 0.15) is 11.6 Å². The second kappa shape index (κ2) is 6.87. The Morgan fingerprint density at radius 1 is 1.04 bits per heavy atom. The maximum absolute atomic E-state index is 13.8. The van der Waals surface area contributed by atoms with Crippen LogP contribution >= 0.6 is 0 Å². The Hall–Kier alpha value is -3.35. The zero-order valence-corrected chi connectivity index (χ0v) is 14.2. The summed E-state index contributed by atoms with van der Waals surface area (Å²) in [4.78, 5) is 0. The maximum atomic E-state index is 13.8. The first-order chi connectivity index (χ1) is 12.7. The SMILES string of the molecule is CCc1ccc(C(Nc2ccc3nnnn3n2)c2cccc(F)c2)cc1. The summed E-state index contributed by atoms with van der Waals surface area (Å²) in [6, 6.07) is 18.2. The van der Waals surface area contributed by atoms with Crippen LogP contribution in [0.1, 0.15) is 29.7 Å². The topological polar surface area (TPSA) is 68.0 Å². The zero-order valence-electron chi connectivity index (χ0n) is 14.2. The summed E-state index contributed by atoms with van der Waals surface area (Å²) in [7, 11) is 0. The molecule has 6 nitrogen and oxygen atoms in total. The number of halogens is 1. The largest absolute Gasteiger partial charge is 0.358 e. The zero-order chi connectivity index (χ0) is 17.9. The molecule has 0 radical (unpaired) electrons. The van der Waals surface area contributed by atoms with E-state index in [-0.39, 0.29) is 11.9 Å². The molecule has 2 aromatic heterocycles. The lowest BCUT2D eigenvalue weighted by atomic mass is 9.97. The van der Waals surface area contributed by atoms with Crippen molar-refractivity contribution in [2.24, 2.45) is 0 Å². The van der Waals surface area contributed by atoms with Gasteiger partial charge in [0, 0.05) is 0 Å². The van der Waals surface area contributed by atoms with Crippen LogP contribution in [0.4, 0.5) is 10.2 Å². The van der Waals surface area contributed by atoms with Crippen molar-refractivity contribution < 1.29 is 4.39 Å². The highest BCUT2D eigenvalue weighted by Crippen LogP contribution is 2.27. The van der Waals surface area contributed by atoms with Gasteiger partial charge < -0.3 is 5.32 Å². The standard InChI is InChI=1S/C19H17FN6/c1-2-13-6-8-14(9-7-13)19(15-4-3-5-16(20)12-15)21-17-10-11-18-22-24-25-26(18)23-17/h3-12,19H,2H2,1H3,(H,21,23). The number of aryl methyl sites for hydroxylation is 1. The van der Waals surface area contributed by atoms with E-state index >= 15 is 0 Å². The molecule has 2 aromatic carbocycles. The third-order valence-electron chi connectivity index (χ3n) is 4.27. The molecule has 130 valence electrons. The Labute approximate surface area is 149 Å². The number of benzene rings is 2. The molecule has 7 heteroatoms. The highest BCUT2D eigenvalue weighted by Gasteiger charge is 2.16. The normalized spacial score (nSPS) is 12.2. The minimum atomic E-state index is -0.275. The van der Waals surface area contributed by atoms with Crippen LogP contribution in [0.2, 0.25) is 0 Å². The summed E-state index contributed by atoms with van der Waals surface area (Å²) < 4.78 is 15.1. The Morgan fingerprint density at radius 2 is 1.88 bits per heavy atom.